The van der Waals surface area contributed by atoms with Crippen molar-refractivity contribution in [2.45, 2.75) is 6.92 Å². The molecule has 0 atom stereocenters. The molecule has 1 aromatic carbocycles. The fraction of sp³-hybridized carbons (Fsp3) is 0.250. The molecule has 0 spiro atoms. The molecule has 0 heterocycles. The molecule has 0 aromatic heterocycles. The van der Waals surface area contributed by atoms with Crippen LogP contribution in [0, 0.1) is 15.9 Å². The van der Waals surface area contributed by atoms with Crippen molar-refractivity contribution in [1.82, 2.24) is 0 Å². The lowest BCUT2D eigenvalue weighted by Gasteiger charge is -2.05. The number of benzene rings is 1. The minimum absolute atomic E-state index is 0.0986. The van der Waals surface area contributed by atoms with Crippen molar-refractivity contribution in [2.75, 3.05) is 6.61 Å². The molecule has 4 nitrogen and oxygen atoms in total. The van der Waals surface area contributed by atoms with Crippen LogP contribution in [0.1, 0.15) is 6.92 Å². The van der Waals surface area contributed by atoms with Gasteiger partial charge in [0.1, 0.15) is 0 Å². The van der Waals surface area contributed by atoms with E-state index in [1.807, 2.05) is 0 Å². The van der Waals surface area contributed by atoms with Crippen LogP contribution in [0.5, 0.6) is 5.75 Å². The summed E-state index contributed by atoms with van der Waals surface area (Å²) >= 11 is 5.59. The Hall–Kier alpha value is -1.36. The van der Waals surface area contributed by atoms with Crippen LogP contribution in [0.2, 0.25) is 5.02 Å². The summed E-state index contributed by atoms with van der Waals surface area (Å²) in [5.74, 6) is -0.981. The molecule has 76 valence electrons. The molecule has 0 unspecified atom stereocenters. The SMILES string of the molecule is CCOc1c(F)cc([N+](=O)[O-])cc1Cl. The van der Waals surface area contributed by atoms with Gasteiger partial charge in [0, 0.05) is 6.07 Å². The zero-order valence-electron chi connectivity index (χ0n) is 7.29. The predicted octanol–water partition coefficient (Wildman–Crippen LogP) is 2.79. The smallest absolute Gasteiger partial charge is 0.274 e. The van der Waals surface area contributed by atoms with Crippen LogP contribution in [-0.4, -0.2) is 11.5 Å². The maximum atomic E-state index is 13.1. The van der Waals surface area contributed by atoms with E-state index >= 15 is 0 Å². The van der Waals surface area contributed by atoms with Gasteiger partial charge in [0.15, 0.2) is 11.6 Å². The normalized spacial score (nSPS) is 9.93. The minimum Gasteiger partial charge on any atom is -0.489 e. The second-order valence-corrected chi connectivity index (χ2v) is 2.84. The number of rotatable bonds is 3. The third-order valence-electron chi connectivity index (χ3n) is 1.48. The third kappa shape index (κ3) is 2.11. The maximum Gasteiger partial charge on any atom is 0.274 e. The first-order valence-corrected chi connectivity index (χ1v) is 4.20. The Balaban J connectivity index is 3.18. The summed E-state index contributed by atoms with van der Waals surface area (Å²) in [6.45, 7) is 1.91. The Morgan fingerprint density at radius 3 is 2.71 bits per heavy atom. The number of nitrogens with zero attached hydrogens (tertiary/aromatic N) is 1. The fourth-order valence-corrected chi connectivity index (χ4v) is 1.19. The van der Waals surface area contributed by atoms with E-state index in [0.717, 1.165) is 12.1 Å². The van der Waals surface area contributed by atoms with Gasteiger partial charge < -0.3 is 4.74 Å². The van der Waals surface area contributed by atoms with E-state index in [2.05, 4.69) is 0 Å². The Kier molecular flexibility index (Phi) is 3.24. The molecule has 0 bridgehead atoms. The Morgan fingerprint density at radius 2 is 2.29 bits per heavy atom. The molecule has 14 heavy (non-hydrogen) atoms. The molecular formula is C8H7ClFNO3. The molecule has 1 aromatic rings. The first kappa shape index (κ1) is 10.7. The van der Waals surface area contributed by atoms with Gasteiger partial charge in [-0.25, -0.2) is 4.39 Å². The topological polar surface area (TPSA) is 52.4 Å². The molecule has 0 aliphatic heterocycles. The predicted molar refractivity (Wildman–Crippen MR) is 49.2 cm³/mol. The van der Waals surface area contributed by atoms with E-state index in [-0.39, 0.29) is 17.4 Å². The molecule has 0 radical (unpaired) electrons. The number of nitro groups is 1. The van der Waals surface area contributed by atoms with Crippen LogP contribution >= 0.6 is 11.6 Å². The van der Waals surface area contributed by atoms with Crippen molar-refractivity contribution in [2.24, 2.45) is 0 Å². The van der Waals surface area contributed by atoms with Crippen molar-refractivity contribution in [3.05, 3.63) is 33.1 Å². The summed E-state index contributed by atoms with van der Waals surface area (Å²) in [6, 6.07) is 1.83. The quantitative estimate of drug-likeness (QED) is 0.580. The van der Waals surface area contributed by atoms with Crippen LogP contribution in [0.15, 0.2) is 12.1 Å². The Bertz CT molecular complexity index is 347. The summed E-state index contributed by atoms with van der Waals surface area (Å²) in [5.41, 5.74) is -0.393. The number of ether oxygens (including phenoxy) is 1. The number of halogens is 2. The van der Waals surface area contributed by atoms with Gasteiger partial charge in [0.25, 0.3) is 5.69 Å². The number of hydrogen-bond acceptors (Lipinski definition) is 3. The molecular weight excluding hydrogens is 213 g/mol. The molecule has 0 aliphatic rings. The van der Waals surface area contributed by atoms with Gasteiger partial charge in [-0.2, -0.15) is 0 Å². The van der Waals surface area contributed by atoms with Crippen molar-refractivity contribution in [3.8, 4) is 5.75 Å². The highest BCUT2D eigenvalue weighted by Gasteiger charge is 2.16. The largest absolute Gasteiger partial charge is 0.489 e. The van der Waals surface area contributed by atoms with Gasteiger partial charge in [-0.05, 0) is 6.92 Å². The summed E-state index contributed by atoms with van der Waals surface area (Å²) in [6.07, 6.45) is 0. The van der Waals surface area contributed by atoms with Gasteiger partial charge in [-0.15, -0.1) is 0 Å². The van der Waals surface area contributed by atoms with Gasteiger partial charge in [-0.1, -0.05) is 11.6 Å². The summed E-state index contributed by atoms with van der Waals surface area (Å²) in [4.78, 5) is 9.60. The van der Waals surface area contributed by atoms with Crippen molar-refractivity contribution < 1.29 is 14.1 Å². The fourth-order valence-electron chi connectivity index (χ4n) is 0.934. The van der Waals surface area contributed by atoms with Crippen LogP contribution < -0.4 is 4.74 Å². The van der Waals surface area contributed by atoms with Crippen LogP contribution in [0.3, 0.4) is 0 Å². The lowest BCUT2D eigenvalue weighted by molar-refractivity contribution is -0.385. The number of nitro benzene ring substituents is 1. The van der Waals surface area contributed by atoms with Gasteiger partial charge >= 0.3 is 0 Å². The standard InChI is InChI=1S/C8H7ClFNO3/c1-2-14-8-6(9)3-5(11(12)13)4-7(8)10/h3-4H,2H2,1H3. The molecule has 0 aliphatic carbocycles. The van der Waals surface area contributed by atoms with E-state index in [1.165, 1.54) is 0 Å². The highest BCUT2D eigenvalue weighted by Crippen LogP contribution is 2.31. The second-order valence-electron chi connectivity index (χ2n) is 2.43. The third-order valence-corrected chi connectivity index (χ3v) is 1.76. The molecule has 1 rings (SSSR count). The molecule has 0 N–H and O–H groups in total. The zero-order chi connectivity index (χ0) is 10.7. The van der Waals surface area contributed by atoms with E-state index in [0.29, 0.717) is 0 Å². The van der Waals surface area contributed by atoms with Crippen molar-refractivity contribution in [1.29, 1.82) is 0 Å². The highest BCUT2D eigenvalue weighted by atomic mass is 35.5. The van der Waals surface area contributed by atoms with Gasteiger partial charge in [0.05, 0.1) is 22.6 Å². The molecule has 0 saturated carbocycles. The molecule has 0 saturated heterocycles. The van der Waals surface area contributed by atoms with Crippen LogP contribution in [-0.2, 0) is 0 Å². The Morgan fingerprint density at radius 1 is 1.64 bits per heavy atom. The van der Waals surface area contributed by atoms with Crippen molar-refractivity contribution >= 4 is 17.3 Å². The van der Waals surface area contributed by atoms with E-state index in [4.69, 9.17) is 16.3 Å². The summed E-state index contributed by atoms with van der Waals surface area (Å²) in [5, 5.41) is 10.2. The molecule has 0 amide bonds. The zero-order valence-corrected chi connectivity index (χ0v) is 8.05. The molecule has 6 heteroatoms. The maximum absolute atomic E-state index is 13.1. The van der Waals surface area contributed by atoms with Gasteiger partial charge in [0.2, 0.25) is 0 Å². The lowest BCUT2D eigenvalue weighted by Crippen LogP contribution is -1.97. The van der Waals surface area contributed by atoms with Crippen LogP contribution in [0.4, 0.5) is 10.1 Å². The number of non-ortho nitro benzene ring substituents is 1. The molecule has 0 fully saturated rings. The summed E-state index contributed by atoms with van der Waals surface area (Å²) < 4.78 is 18.0. The first-order valence-electron chi connectivity index (χ1n) is 3.82. The minimum atomic E-state index is -0.828. The highest BCUT2D eigenvalue weighted by molar-refractivity contribution is 6.32. The van der Waals surface area contributed by atoms with E-state index in [1.54, 1.807) is 6.92 Å². The monoisotopic (exact) mass is 219 g/mol. The van der Waals surface area contributed by atoms with Crippen LogP contribution in [0.25, 0.3) is 0 Å². The average molecular weight is 220 g/mol. The lowest BCUT2D eigenvalue weighted by atomic mass is 10.3. The Labute approximate surface area is 84.4 Å². The van der Waals surface area contributed by atoms with Gasteiger partial charge in [-0.3, -0.25) is 10.1 Å². The number of hydrogen-bond donors (Lipinski definition) is 0. The van der Waals surface area contributed by atoms with E-state index < -0.39 is 16.4 Å². The van der Waals surface area contributed by atoms with Crippen molar-refractivity contribution in [3.63, 3.8) is 0 Å². The second kappa shape index (κ2) is 4.23. The first-order chi connectivity index (χ1) is 6.56. The van der Waals surface area contributed by atoms with E-state index in [9.17, 15) is 14.5 Å². The summed E-state index contributed by atoms with van der Waals surface area (Å²) in [7, 11) is 0. The average Bonchev–Trinajstić information content (AvgIpc) is 2.10.